The quantitative estimate of drug-likeness (QED) is 0.412. The number of carbonyl (C=O) groups excluding carboxylic acids is 2. The molecule has 0 aliphatic heterocycles. The molecule has 2 N–H and O–H groups in total. The molecule has 0 spiro atoms. The van der Waals surface area contributed by atoms with E-state index in [1.165, 1.54) is 0 Å². The van der Waals surface area contributed by atoms with Gasteiger partial charge in [0.25, 0.3) is 0 Å². The zero-order valence-corrected chi connectivity index (χ0v) is 11.6. The number of rotatable bonds is 10. The van der Waals surface area contributed by atoms with Gasteiger partial charge in [0.1, 0.15) is 0 Å². The largest absolute Gasteiger partial charge is 0.466 e. The van der Waals surface area contributed by atoms with Crippen molar-refractivity contribution in [3.8, 4) is 0 Å². The van der Waals surface area contributed by atoms with Gasteiger partial charge in [-0.3, -0.25) is 14.5 Å². The second-order valence-electron chi connectivity index (χ2n) is 4.10. The molecule has 0 saturated heterocycles. The summed E-state index contributed by atoms with van der Waals surface area (Å²) in [7, 11) is 3.78. The van der Waals surface area contributed by atoms with Gasteiger partial charge in [0.15, 0.2) is 0 Å². The fraction of sp³-hybridized carbons (Fsp3) is 0.833. The van der Waals surface area contributed by atoms with Crippen LogP contribution in [0.15, 0.2) is 0 Å². The van der Waals surface area contributed by atoms with Crippen LogP contribution in [0, 0.1) is 0 Å². The van der Waals surface area contributed by atoms with Crippen molar-refractivity contribution in [3.63, 3.8) is 0 Å². The SMILES string of the molecule is CCOC(=O)CCCNC(=O)CN(C)CCNC. The van der Waals surface area contributed by atoms with Crippen LogP contribution >= 0.6 is 0 Å². The molecule has 0 aromatic heterocycles. The molecule has 0 rings (SSSR count). The molecule has 0 saturated carbocycles. The standard InChI is InChI=1S/C12H25N3O3/c1-4-18-12(17)6-5-7-14-11(16)10-15(3)9-8-13-2/h13H,4-10H2,1-3H3,(H,14,16). The van der Waals surface area contributed by atoms with Gasteiger partial charge in [0, 0.05) is 26.1 Å². The van der Waals surface area contributed by atoms with Crippen LogP contribution in [-0.4, -0.2) is 63.7 Å². The van der Waals surface area contributed by atoms with E-state index in [1.807, 2.05) is 19.0 Å². The Morgan fingerprint density at radius 3 is 2.61 bits per heavy atom. The van der Waals surface area contributed by atoms with Crippen LogP contribution in [0.25, 0.3) is 0 Å². The number of esters is 1. The molecule has 18 heavy (non-hydrogen) atoms. The van der Waals surface area contributed by atoms with E-state index in [4.69, 9.17) is 4.74 Å². The number of amides is 1. The first-order valence-electron chi connectivity index (χ1n) is 6.35. The Kier molecular flexibility index (Phi) is 10.3. The molecule has 0 fully saturated rings. The number of hydrogen-bond acceptors (Lipinski definition) is 5. The fourth-order valence-electron chi connectivity index (χ4n) is 1.38. The highest BCUT2D eigenvalue weighted by atomic mass is 16.5. The normalized spacial score (nSPS) is 10.4. The molecule has 0 aromatic carbocycles. The third kappa shape index (κ3) is 10.0. The van der Waals surface area contributed by atoms with E-state index in [1.54, 1.807) is 6.92 Å². The average molecular weight is 259 g/mol. The molecule has 0 aliphatic carbocycles. The second-order valence-corrected chi connectivity index (χ2v) is 4.10. The maximum absolute atomic E-state index is 11.5. The summed E-state index contributed by atoms with van der Waals surface area (Å²) in [5, 5.41) is 5.80. The van der Waals surface area contributed by atoms with E-state index in [2.05, 4.69) is 10.6 Å². The Labute approximate surface area is 109 Å². The monoisotopic (exact) mass is 259 g/mol. The van der Waals surface area contributed by atoms with Gasteiger partial charge in [0.05, 0.1) is 13.2 Å². The molecular weight excluding hydrogens is 234 g/mol. The molecule has 0 radical (unpaired) electrons. The van der Waals surface area contributed by atoms with Crippen molar-refractivity contribution in [2.75, 3.05) is 46.9 Å². The Hall–Kier alpha value is -1.14. The first kappa shape index (κ1) is 16.9. The summed E-state index contributed by atoms with van der Waals surface area (Å²) in [6.07, 6.45) is 0.967. The predicted octanol–water partition coefficient (Wildman–Crippen LogP) is -0.403. The molecule has 0 aliphatic rings. The van der Waals surface area contributed by atoms with E-state index in [0.717, 1.165) is 13.1 Å². The molecule has 1 amide bonds. The number of likely N-dealkylation sites (N-methyl/N-ethyl adjacent to an activating group) is 2. The van der Waals surface area contributed by atoms with Gasteiger partial charge in [-0.15, -0.1) is 0 Å². The lowest BCUT2D eigenvalue weighted by molar-refractivity contribution is -0.143. The number of nitrogens with one attached hydrogen (secondary N) is 2. The first-order chi connectivity index (χ1) is 8.60. The van der Waals surface area contributed by atoms with Crippen molar-refractivity contribution in [2.45, 2.75) is 19.8 Å². The zero-order valence-electron chi connectivity index (χ0n) is 11.6. The molecule has 0 bridgehead atoms. The molecule has 0 unspecified atom stereocenters. The van der Waals surface area contributed by atoms with Crippen molar-refractivity contribution >= 4 is 11.9 Å². The van der Waals surface area contributed by atoms with E-state index >= 15 is 0 Å². The van der Waals surface area contributed by atoms with Gasteiger partial charge in [-0.2, -0.15) is 0 Å². The summed E-state index contributed by atoms with van der Waals surface area (Å²) in [4.78, 5) is 24.5. The number of carbonyl (C=O) groups is 2. The highest BCUT2D eigenvalue weighted by Crippen LogP contribution is 1.91. The number of hydrogen-bond donors (Lipinski definition) is 2. The van der Waals surface area contributed by atoms with Crippen LogP contribution in [0.2, 0.25) is 0 Å². The lowest BCUT2D eigenvalue weighted by Crippen LogP contribution is -2.38. The minimum Gasteiger partial charge on any atom is -0.466 e. The maximum Gasteiger partial charge on any atom is 0.305 e. The fourth-order valence-corrected chi connectivity index (χ4v) is 1.38. The summed E-state index contributed by atoms with van der Waals surface area (Å²) in [5.41, 5.74) is 0. The Balaban J connectivity index is 3.50. The van der Waals surface area contributed by atoms with Crippen molar-refractivity contribution in [1.29, 1.82) is 0 Å². The first-order valence-corrected chi connectivity index (χ1v) is 6.35. The summed E-state index contributed by atoms with van der Waals surface area (Å²) < 4.78 is 4.79. The summed E-state index contributed by atoms with van der Waals surface area (Å²) in [6, 6.07) is 0. The lowest BCUT2D eigenvalue weighted by atomic mass is 10.3. The number of ether oxygens (including phenoxy) is 1. The van der Waals surface area contributed by atoms with Crippen LogP contribution < -0.4 is 10.6 Å². The predicted molar refractivity (Wildman–Crippen MR) is 70.3 cm³/mol. The molecule has 0 atom stereocenters. The lowest BCUT2D eigenvalue weighted by Gasteiger charge is -2.15. The van der Waals surface area contributed by atoms with Crippen LogP contribution in [0.3, 0.4) is 0 Å². The highest BCUT2D eigenvalue weighted by molar-refractivity contribution is 5.78. The van der Waals surface area contributed by atoms with Gasteiger partial charge < -0.3 is 15.4 Å². The maximum atomic E-state index is 11.5. The average Bonchev–Trinajstić information content (AvgIpc) is 2.32. The third-order valence-electron chi connectivity index (χ3n) is 2.34. The molecule has 6 nitrogen and oxygen atoms in total. The van der Waals surface area contributed by atoms with Crippen LogP contribution in [-0.2, 0) is 14.3 Å². The summed E-state index contributed by atoms with van der Waals surface area (Å²) in [6.45, 7) is 4.75. The molecular formula is C12H25N3O3. The summed E-state index contributed by atoms with van der Waals surface area (Å²) in [5.74, 6) is -0.227. The molecule has 6 heteroatoms. The van der Waals surface area contributed by atoms with E-state index < -0.39 is 0 Å². The van der Waals surface area contributed by atoms with E-state index in [9.17, 15) is 9.59 Å². The van der Waals surface area contributed by atoms with Gasteiger partial charge in [0.2, 0.25) is 5.91 Å². The van der Waals surface area contributed by atoms with Crippen molar-refractivity contribution < 1.29 is 14.3 Å². The number of nitrogens with zero attached hydrogens (tertiary/aromatic N) is 1. The third-order valence-corrected chi connectivity index (χ3v) is 2.34. The van der Waals surface area contributed by atoms with Crippen molar-refractivity contribution in [1.82, 2.24) is 15.5 Å². The van der Waals surface area contributed by atoms with Crippen LogP contribution in [0.4, 0.5) is 0 Å². The molecule has 0 aromatic rings. The highest BCUT2D eigenvalue weighted by Gasteiger charge is 2.06. The van der Waals surface area contributed by atoms with E-state index in [0.29, 0.717) is 32.5 Å². The Morgan fingerprint density at radius 2 is 2.00 bits per heavy atom. The Bertz CT molecular complexity index is 247. The minimum atomic E-state index is -0.210. The molecule has 0 heterocycles. The zero-order chi connectivity index (χ0) is 13.8. The van der Waals surface area contributed by atoms with Gasteiger partial charge >= 0.3 is 5.97 Å². The second kappa shape index (κ2) is 11.0. The summed E-state index contributed by atoms with van der Waals surface area (Å²) >= 11 is 0. The minimum absolute atomic E-state index is 0.0162. The van der Waals surface area contributed by atoms with Gasteiger partial charge in [-0.05, 0) is 27.4 Å². The Morgan fingerprint density at radius 1 is 1.28 bits per heavy atom. The van der Waals surface area contributed by atoms with E-state index in [-0.39, 0.29) is 11.9 Å². The van der Waals surface area contributed by atoms with Crippen LogP contribution in [0.1, 0.15) is 19.8 Å². The van der Waals surface area contributed by atoms with Crippen LogP contribution in [0.5, 0.6) is 0 Å². The topological polar surface area (TPSA) is 70.7 Å². The van der Waals surface area contributed by atoms with Gasteiger partial charge in [-0.1, -0.05) is 0 Å². The smallest absolute Gasteiger partial charge is 0.305 e. The van der Waals surface area contributed by atoms with Gasteiger partial charge in [-0.25, -0.2) is 0 Å². The molecule has 106 valence electrons. The van der Waals surface area contributed by atoms with Crippen molar-refractivity contribution in [3.05, 3.63) is 0 Å². The van der Waals surface area contributed by atoms with Crippen molar-refractivity contribution in [2.24, 2.45) is 0 Å².